The summed E-state index contributed by atoms with van der Waals surface area (Å²) in [6, 6.07) is 9.23. The number of benzene rings is 1. The molecule has 22 heavy (non-hydrogen) atoms. The number of nitrogens with zero attached hydrogens (tertiary/aromatic N) is 1. The van der Waals surface area contributed by atoms with Gasteiger partial charge < -0.3 is 10.4 Å². The van der Waals surface area contributed by atoms with Crippen molar-refractivity contribution in [3.8, 4) is 0 Å². The molecule has 1 aliphatic rings. The molecule has 1 aliphatic heterocycles. The first-order valence-corrected chi connectivity index (χ1v) is 8.32. The van der Waals surface area contributed by atoms with Crippen molar-refractivity contribution in [3.63, 3.8) is 0 Å². The van der Waals surface area contributed by atoms with E-state index in [1.165, 1.54) is 11.8 Å². The lowest BCUT2D eigenvalue weighted by Gasteiger charge is -2.27. The Balaban J connectivity index is 2.35. The standard InChI is InChI=1S/C17H24N2O2S/c1-11(2)17(5)14(20)19-15(22-17)18-13(16(3,4)21)12-9-7-6-8-10-12/h6-11,13,21H,1-5H3,(H,18,19,20)/t13-,17+/m1/s1. The number of rotatable bonds is 4. The fraction of sp³-hybridized carbons (Fsp3) is 0.529. The molecule has 1 aromatic carbocycles. The quantitative estimate of drug-likeness (QED) is 0.896. The maximum absolute atomic E-state index is 12.2. The van der Waals surface area contributed by atoms with E-state index in [1.807, 2.05) is 51.1 Å². The Morgan fingerprint density at radius 2 is 1.86 bits per heavy atom. The van der Waals surface area contributed by atoms with Crippen molar-refractivity contribution in [1.82, 2.24) is 5.32 Å². The van der Waals surface area contributed by atoms with Crippen LogP contribution in [0.15, 0.2) is 35.3 Å². The molecular weight excluding hydrogens is 296 g/mol. The summed E-state index contributed by atoms with van der Waals surface area (Å²) in [6.07, 6.45) is 0. The molecule has 0 saturated carbocycles. The number of nitrogens with one attached hydrogen (secondary N) is 1. The molecular formula is C17H24N2O2S. The molecule has 1 fully saturated rings. The molecule has 2 atom stereocenters. The zero-order valence-electron chi connectivity index (χ0n) is 13.8. The van der Waals surface area contributed by atoms with Crippen molar-refractivity contribution in [2.24, 2.45) is 10.9 Å². The van der Waals surface area contributed by atoms with Crippen molar-refractivity contribution >= 4 is 22.8 Å². The highest BCUT2D eigenvalue weighted by Crippen LogP contribution is 2.40. The number of carbonyl (C=O) groups excluding carboxylic acids is 1. The van der Waals surface area contributed by atoms with Crippen LogP contribution < -0.4 is 5.32 Å². The highest BCUT2D eigenvalue weighted by molar-refractivity contribution is 8.16. The maximum Gasteiger partial charge on any atom is 0.242 e. The van der Waals surface area contributed by atoms with Crippen LogP contribution in [0.5, 0.6) is 0 Å². The van der Waals surface area contributed by atoms with E-state index >= 15 is 0 Å². The van der Waals surface area contributed by atoms with Gasteiger partial charge in [0.15, 0.2) is 5.17 Å². The van der Waals surface area contributed by atoms with Crippen LogP contribution in [0.25, 0.3) is 0 Å². The first-order valence-electron chi connectivity index (χ1n) is 7.50. The van der Waals surface area contributed by atoms with Gasteiger partial charge in [-0.05, 0) is 32.3 Å². The molecule has 0 unspecified atom stereocenters. The van der Waals surface area contributed by atoms with Crippen LogP contribution in [-0.2, 0) is 4.79 Å². The average molecular weight is 320 g/mol. The number of hydrogen-bond acceptors (Lipinski definition) is 4. The molecule has 0 aliphatic carbocycles. The molecule has 1 saturated heterocycles. The van der Waals surface area contributed by atoms with E-state index in [2.05, 4.69) is 10.3 Å². The predicted molar refractivity (Wildman–Crippen MR) is 91.9 cm³/mol. The van der Waals surface area contributed by atoms with Gasteiger partial charge in [-0.1, -0.05) is 55.9 Å². The Hall–Kier alpha value is -1.33. The van der Waals surface area contributed by atoms with Crippen LogP contribution >= 0.6 is 11.8 Å². The van der Waals surface area contributed by atoms with Gasteiger partial charge in [0.25, 0.3) is 0 Å². The van der Waals surface area contributed by atoms with Gasteiger partial charge in [-0.3, -0.25) is 9.79 Å². The summed E-state index contributed by atoms with van der Waals surface area (Å²) >= 11 is 1.45. The maximum atomic E-state index is 12.2. The lowest BCUT2D eigenvalue weighted by molar-refractivity contribution is -0.122. The van der Waals surface area contributed by atoms with Gasteiger partial charge in [-0.2, -0.15) is 0 Å². The molecule has 0 aromatic heterocycles. The first kappa shape index (κ1) is 17.0. The van der Waals surface area contributed by atoms with E-state index in [9.17, 15) is 9.90 Å². The Kier molecular flexibility index (Phi) is 4.68. The second kappa shape index (κ2) is 6.05. The fourth-order valence-electron chi connectivity index (χ4n) is 2.33. The van der Waals surface area contributed by atoms with Crippen molar-refractivity contribution in [2.45, 2.75) is 51.0 Å². The minimum Gasteiger partial charge on any atom is -0.388 e. The SMILES string of the molecule is CC(C)[C@]1(C)SC(=N[C@H](c2ccccc2)C(C)(C)O)NC1=O. The van der Waals surface area contributed by atoms with Gasteiger partial charge in [-0.25, -0.2) is 0 Å². The van der Waals surface area contributed by atoms with E-state index < -0.39 is 16.4 Å². The number of amides is 1. The lowest BCUT2D eigenvalue weighted by Crippen LogP contribution is -2.38. The average Bonchev–Trinajstić information content (AvgIpc) is 2.72. The van der Waals surface area contributed by atoms with Gasteiger partial charge >= 0.3 is 0 Å². The number of aliphatic imine (C=N–C) groups is 1. The molecule has 5 heteroatoms. The third-order valence-corrected chi connectivity index (χ3v) is 5.59. The molecule has 1 amide bonds. The fourth-order valence-corrected chi connectivity index (χ4v) is 3.41. The van der Waals surface area contributed by atoms with Crippen molar-refractivity contribution in [2.75, 3.05) is 0 Å². The minimum absolute atomic E-state index is 0.0196. The summed E-state index contributed by atoms with van der Waals surface area (Å²) in [5.74, 6) is 0.177. The van der Waals surface area contributed by atoms with Crippen molar-refractivity contribution in [1.29, 1.82) is 0 Å². The smallest absolute Gasteiger partial charge is 0.242 e. The minimum atomic E-state index is -1.02. The van der Waals surface area contributed by atoms with Gasteiger partial charge in [0.05, 0.1) is 5.60 Å². The van der Waals surface area contributed by atoms with Gasteiger partial charge in [-0.15, -0.1) is 0 Å². The summed E-state index contributed by atoms with van der Waals surface area (Å²) in [4.78, 5) is 16.9. The summed E-state index contributed by atoms with van der Waals surface area (Å²) in [6.45, 7) is 9.46. The van der Waals surface area contributed by atoms with Crippen molar-refractivity contribution < 1.29 is 9.90 Å². The molecule has 2 rings (SSSR count). The van der Waals surface area contributed by atoms with E-state index in [4.69, 9.17) is 0 Å². The Morgan fingerprint density at radius 3 is 2.32 bits per heavy atom. The third kappa shape index (κ3) is 3.36. The second-order valence-corrected chi connectivity index (χ2v) is 8.16. The topological polar surface area (TPSA) is 61.7 Å². The monoisotopic (exact) mass is 320 g/mol. The first-order chi connectivity index (χ1) is 10.1. The van der Waals surface area contributed by atoms with E-state index in [-0.39, 0.29) is 11.8 Å². The Bertz CT molecular complexity index is 578. The van der Waals surface area contributed by atoms with Crippen LogP contribution in [0.4, 0.5) is 0 Å². The number of amidine groups is 1. The van der Waals surface area contributed by atoms with E-state index in [0.29, 0.717) is 5.17 Å². The zero-order chi connectivity index (χ0) is 16.5. The summed E-state index contributed by atoms with van der Waals surface area (Å²) in [5, 5.41) is 13.9. The van der Waals surface area contributed by atoms with Crippen LogP contribution in [0, 0.1) is 5.92 Å². The summed E-state index contributed by atoms with van der Waals surface area (Å²) < 4.78 is -0.514. The molecule has 0 bridgehead atoms. The molecule has 0 spiro atoms. The molecule has 2 N–H and O–H groups in total. The highest BCUT2D eigenvalue weighted by atomic mass is 32.2. The highest BCUT2D eigenvalue weighted by Gasteiger charge is 2.45. The molecule has 1 aromatic rings. The number of carbonyl (C=O) groups is 1. The van der Waals surface area contributed by atoms with Crippen LogP contribution in [0.3, 0.4) is 0 Å². The van der Waals surface area contributed by atoms with E-state index in [1.54, 1.807) is 13.8 Å². The molecule has 0 radical (unpaired) electrons. The van der Waals surface area contributed by atoms with Crippen LogP contribution in [0.1, 0.15) is 46.2 Å². The third-order valence-electron chi connectivity index (χ3n) is 4.11. The predicted octanol–water partition coefficient (Wildman–Crippen LogP) is 3.13. The Morgan fingerprint density at radius 1 is 1.27 bits per heavy atom. The van der Waals surface area contributed by atoms with Gasteiger partial charge in [0.2, 0.25) is 5.91 Å². The summed E-state index contributed by atoms with van der Waals surface area (Å²) in [7, 11) is 0. The number of aliphatic hydroxyl groups is 1. The van der Waals surface area contributed by atoms with E-state index in [0.717, 1.165) is 5.56 Å². The van der Waals surface area contributed by atoms with Crippen molar-refractivity contribution in [3.05, 3.63) is 35.9 Å². The lowest BCUT2D eigenvalue weighted by atomic mass is 9.92. The molecule has 1 heterocycles. The molecule has 4 nitrogen and oxygen atoms in total. The second-order valence-electron chi connectivity index (χ2n) is 6.72. The normalized spacial score (nSPS) is 25.6. The molecule has 120 valence electrons. The zero-order valence-corrected chi connectivity index (χ0v) is 14.6. The van der Waals surface area contributed by atoms with Gasteiger partial charge in [0.1, 0.15) is 10.8 Å². The largest absolute Gasteiger partial charge is 0.388 e. The van der Waals surface area contributed by atoms with Gasteiger partial charge in [0, 0.05) is 0 Å². The summed E-state index contributed by atoms with van der Waals surface area (Å²) in [5.41, 5.74) is -0.0910. The number of hydrogen-bond donors (Lipinski definition) is 2. The number of thioether (sulfide) groups is 1. The van der Waals surface area contributed by atoms with Crippen LogP contribution in [-0.4, -0.2) is 26.5 Å². The van der Waals surface area contributed by atoms with Crippen LogP contribution in [0.2, 0.25) is 0 Å². The Labute approximate surface area is 136 Å².